The molecule has 4 rings (SSSR count). The first-order valence-corrected chi connectivity index (χ1v) is 9.88. The first-order valence-electron chi connectivity index (χ1n) is 9.88. The van der Waals surface area contributed by atoms with Crippen LogP contribution in [0, 0.1) is 6.92 Å². The van der Waals surface area contributed by atoms with Gasteiger partial charge in [0.25, 0.3) is 5.56 Å². The van der Waals surface area contributed by atoms with E-state index in [1.54, 1.807) is 29.2 Å². The Morgan fingerprint density at radius 3 is 2.48 bits per heavy atom. The van der Waals surface area contributed by atoms with E-state index in [4.69, 9.17) is 0 Å². The van der Waals surface area contributed by atoms with E-state index < -0.39 is 0 Å². The molecule has 3 aromatic rings. The second kappa shape index (κ2) is 9.02. The van der Waals surface area contributed by atoms with E-state index in [9.17, 15) is 4.79 Å². The van der Waals surface area contributed by atoms with Gasteiger partial charge in [0.1, 0.15) is 0 Å². The molecule has 29 heavy (non-hydrogen) atoms. The first kappa shape index (κ1) is 19.4. The molecule has 8 heteroatoms. The molecule has 0 aliphatic carbocycles. The average molecular weight is 391 g/mol. The lowest BCUT2D eigenvalue weighted by Crippen LogP contribution is -2.47. The first-order chi connectivity index (χ1) is 14.2. The number of piperazine rings is 1. The zero-order chi connectivity index (χ0) is 20.1. The van der Waals surface area contributed by atoms with Crippen molar-refractivity contribution in [1.29, 1.82) is 0 Å². The van der Waals surface area contributed by atoms with Crippen molar-refractivity contribution in [2.24, 2.45) is 0 Å². The van der Waals surface area contributed by atoms with Crippen LogP contribution < -0.4 is 5.56 Å². The number of aromatic nitrogens is 5. The third-order valence-corrected chi connectivity index (χ3v) is 5.14. The van der Waals surface area contributed by atoms with Gasteiger partial charge in [-0.3, -0.25) is 29.5 Å². The summed E-state index contributed by atoms with van der Waals surface area (Å²) in [5, 5.41) is 4.52. The number of aryl methyl sites for hydroxylation is 1. The van der Waals surface area contributed by atoms with E-state index in [1.165, 1.54) is 0 Å². The molecule has 0 N–H and O–H groups in total. The summed E-state index contributed by atoms with van der Waals surface area (Å²) < 4.78 is 1.55. The van der Waals surface area contributed by atoms with Gasteiger partial charge in [0.05, 0.1) is 23.6 Å². The molecular formula is C21H25N7O. The summed E-state index contributed by atoms with van der Waals surface area (Å²) in [6, 6.07) is 7.15. The van der Waals surface area contributed by atoms with Gasteiger partial charge in [-0.15, -0.1) is 0 Å². The summed E-state index contributed by atoms with van der Waals surface area (Å²) in [6.45, 7) is 8.06. The molecule has 0 bridgehead atoms. The van der Waals surface area contributed by atoms with Crippen LogP contribution in [0.5, 0.6) is 0 Å². The standard InChI is InChI=1S/C21H25N7O/c1-17-13-24-19(15-23-17)16-27-9-7-26(8-10-27)11-12-28-21(29)5-4-20(25-28)18-3-2-6-22-14-18/h2-6,13-15H,7-12,16H2,1H3. The molecule has 4 heterocycles. The minimum Gasteiger partial charge on any atom is -0.299 e. The number of rotatable bonds is 6. The van der Waals surface area contributed by atoms with Gasteiger partial charge >= 0.3 is 0 Å². The molecule has 0 aromatic carbocycles. The van der Waals surface area contributed by atoms with Crippen LogP contribution >= 0.6 is 0 Å². The molecule has 0 unspecified atom stereocenters. The predicted molar refractivity (Wildman–Crippen MR) is 110 cm³/mol. The summed E-state index contributed by atoms with van der Waals surface area (Å²) in [7, 11) is 0. The maximum absolute atomic E-state index is 12.2. The highest BCUT2D eigenvalue weighted by molar-refractivity contribution is 5.56. The van der Waals surface area contributed by atoms with Gasteiger partial charge in [0, 0.05) is 75.7 Å². The van der Waals surface area contributed by atoms with E-state index in [0.29, 0.717) is 6.54 Å². The lowest BCUT2D eigenvalue weighted by Gasteiger charge is -2.34. The van der Waals surface area contributed by atoms with Crippen LogP contribution in [0.25, 0.3) is 11.3 Å². The van der Waals surface area contributed by atoms with Gasteiger partial charge in [-0.1, -0.05) is 0 Å². The number of hydrogen-bond acceptors (Lipinski definition) is 7. The van der Waals surface area contributed by atoms with Gasteiger partial charge in [-0.05, 0) is 25.1 Å². The van der Waals surface area contributed by atoms with Crippen molar-refractivity contribution >= 4 is 0 Å². The van der Waals surface area contributed by atoms with Crippen molar-refractivity contribution in [3.63, 3.8) is 0 Å². The Morgan fingerprint density at radius 2 is 1.76 bits per heavy atom. The van der Waals surface area contributed by atoms with Gasteiger partial charge in [-0.25, -0.2) is 4.68 Å². The molecule has 1 aliphatic rings. The molecule has 0 atom stereocenters. The van der Waals surface area contributed by atoms with Crippen molar-refractivity contribution in [2.45, 2.75) is 20.0 Å². The number of pyridine rings is 1. The molecule has 0 amide bonds. The van der Waals surface area contributed by atoms with E-state index in [-0.39, 0.29) is 5.56 Å². The Morgan fingerprint density at radius 1 is 0.931 bits per heavy atom. The quantitative estimate of drug-likeness (QED) is 0.625. The van der Waals surface area contributed by atoms with Crippen molar-refractivity contribution in [2.75, 3.05) is 32.7 Å². The summed E-state index contributed by atoms with van der Waals surface area (Å²) in [5.74, 6) is 0. The van der Waals surface area contributed by atoms with Crippen LogP contribution in [-0.2, 0) is 13.1 Å². The largest absolute Gasteiger partial charge is 0.299 e. The fourth-order valence-corrected chi connectivity index (χ4v) is 3.41. The van der Waals surface area contributed by atoms with Crippen LogP contribution in [0.3, 0.4) is 0 Å². The van der Waals surface area contributed by atoms with Crippen LogP contribution in [0.15, 0.2) is 53.8 Å². The van der Waals surface area contributed by atoms with Gasteiger partial charge in [0.2, 0.25) is 0 Å². The third-order valence-electron chi connectivity index (χ3n) is 5.14. The average Bonchev–Trinajstić information content (AvgIpc) is 2.76. The van der Waals surface area contributed by atoms with E-state index in [0.717, 1.165) is 61.9 Å². The van der Waals surface area contributed by atoms with Crippen molar-refractivity contribution < 1.29 is 0 Å². The number of nitrogens with zero attached hydrogens (tertiary/aromatic N) is 7. The Kier molecular flexibility index (Phi) is 6.02. The Hall–Kier alpha value is -2.97. The minimum absolute atomic E-state index is 0.0748. The molecule has 8 nitrogen and oxygen atoms in total. The van der Waals surface area contributed by atoms with Crippen LogP contribution in [-0.4, -0.2) is 67.3 Å². The fourth-order valence-electron chi connectivity index (χ4n) is 3.41. The number of hydrogen-bond donors (Lipinski definition) is 0. The molecule has 0 saturated carbocycles. The molecule has 0 spiro atoms. The van der Waals surface area contributed by atoms with Crippen LogP contribution in [0.4, 0.5) is 0 Å². The van der Waals surface area contributed by atoms with E-state index in [2.05, 4.69) is 29.9 Å². The van der Waals surface area contributed by atoms with Gasteiger partial charge in [-0.2, -0.15) is 5.10 Å². The minimum atomic E-state index is -0.0748. The van der Waals surface area contributed by atoms with Gasteiger partial charge < -0.3 is 0 Å². The monoisotopic (exact) mass is 391 g/mol. The maximum Gasteiger partial charge on any atom is 0.266 e. The maximum atomic E-state index is 12.2. The highest BCUT2D eigenvalue weighted by atomic mass is 16.1. The van der Waals surface area contributed by atoms with E-state index >= 15 is 0 Å². The molecule has 0 radical (unpaired) electrons. The molecule has 3 aromatic heterocycles. The molecule has 1 aliphatic heterocycles. The molecule has 150 valence electrons. The third kappa shape index (κ3) is 5.10. The molecule has 1 saturated heterocycles. The zero-order valence-electron chi connectivity index (χ0n) is 16.6. The van der Waals surface area contributed by atoms with Crippen molar-refractivity contribution in [3.8, 4) is 11.3 Å². The second-order valence-electron chi connectivity index (χ2n) is 7.29. The van der Waals surface area contributed by atoms with Crippen molar-refractivity contribution in [3.05, 3.63) is 70.8 Å². The lowest BCUT2D eigenvalue weighted by molar-refractivity contribution is 0.121. The highest BCUT2D eigenvalue weighted by Crippen LogP contribution is 2.13. The summed E-state index contributed by atoms with van der Waals surface area (Å²) in [6.07, 6.45) is 7.16. The van der Waals surface area contributed by atoms with Crippen molar-refractivity contribution in [1.82, 2.24) is 34.5 Å². The van der Waals surface area contributed by atoms with Crippen LogP contribution in [0.2, 0.25) is 0 Å². The fraction of sp³-hybridized carbons (Fsp3) is 0.381. The second-order valence-corrected chi connectivity index (χ2v) is 7.29. The summed E-state index contributed by atoms with van der Waals surface area (Å²) in [4.78, 5) is 29.9. The predicted octanol–water partition coefficient (Wildman–Crippen LogP) is 1.22. The topological polar surface area (TPSA) is 80.0 Å². The highest BCUT2D eigenvalue weighted by Gasteiger charge is 2.17. The summed E-state index contributed by atoms with van der Waals surface area (Å²) in [5.41, 5.74) is 3.55. The Labute approximate surface area is 169 Å². The van der Waals surface area contributed by atoms with E-state index in [1.807, 2.05) is 31.5 Å². The molecule has 1 fully saturated rings. The Bertz CT molecular complexity index is 980. The van der Waals surface area contributed by atoms with Crippen LogP contribution in [0.1, 0.15) is 11.4 Å². The smallest absolute Gasteiger partial charge is 0.266 e. The summed E-state index contributed by atoms with van der Waals surface area (Å²) >= 11 is 0. The zero-order valence-corrected chi connectivity index (χ0v) is 16.6. The van der Waals surface area contributed by atoms with Gasteiger partial charge in [0.15, 0.2) is 0 Å². The SMILES string of the molecule is Cc1cnc(CN2CCN(CCn3nc(-c4cccnc4)ccc3=O)CC2)cn1. The Balaban J connectivity index is 1.30. The normalized spacial score (nSPS) is 15.5. The molecular weight excluding hydrogens is 366 g/mol. The lowest BCUT2D eigenvalue weighted by atomic mass is 10.2.